The van der Waals surface area contributed by atoms with Gasteiger partial charge in [-0.05, 0) is 24.3 Å². The van der Waals surface area contributed by atoms with Gasteiger partial charge in [0.1, 0.15) is 18.0 Å². The highest BCUT2D eigenvalue weighted by atomic mass is 19.1. The summed E-state index contributed by atoms with van der Waals surface area (Å²) >= 11 is 0. The molecule has 2 aromatic heterocycles. The fraction of sp³-hybridized carbons (Fsp3) is 0.133. The number of aromatic nitrogens is 5. The van der Waals surface area contributed by atoms with Gasteiger partial charge in [-0.15, -0.1) is 10.2 Å². The molecular weight excluding hydrogens is 329 g/mol. The van der Waals surface area contributed by atoms with Crippen molar-refractivity contribution in [1.82, 2.24) is 25.4 Å². The van der Waals surface area contributed by atoms with Crippen molar-refractivity contribution in [3.63, 3.8) is 0 Å². The van der Waals surface area contributed by atoms with E-state index in [4.69, 9.17) is 0 Å². The van der Waals surface area contributed by atoms with Gasteiger partial charge in [-0.2, -0.15) is 5.10 Å². The van der Waals surface area contributed by atoms with Crippen LogP contribution in [-0.2, 0) is 11.2 Å². The standard InChI is InChI=1S/C15H14FN7O2/c16-9-1-3-10(4-2-9)20-15(25)14-11(7-18-23-14)21-13(24)6-5-12-17-8-19-22-12/h1-4,7-8H,5-6H2,(H,18,23)(H,20,25)(H,21,24)(H,17,19,22). The number of nitrogens with one attached hydrogen (secondary N) is 4. The van der Waals surface area contributed by atoms with Crippen LogP contribution >= 0.6 is 0 Å². The molecule has 1 aromatic carbocycles. The third kappa shape index (κ3) is 4.25. The normalized spacial score (nSPS) is 10.4. The Hall–Kier alpha value is -3.56. The Kier molecular flexibility index (Phi) is 4.79. The average molecular weight is 343 g/mol. The average Bonchev–Trinajstić information content (AvgIpc) is 3.26. The molecule has 9 nitrogen and oxygen atoms in total. The Morgan fingerprint density at radius 3 is 2.68 bits per heavy atom. The molecule has 128 valence electrons. The molecule has 0 saturated heterocycles. The minimum absolute atomic E-state index is 0.0253. The van der Waals surface area contributed by atoms with Crippen LogP contribution in [0.5, 0.6) is 0 Å². The van der Waals surface area contributed by atoms with Gasteiger partial charge in [-0.1, -0.05) is 0 Å². The maximum Gasteiger partial charge on any atom is 0.278 e. The maximum atomic E-state index is 12.9. The van der Waals surface area contributed by atoms with E-state index in [9.17, 15) is 14.0 Å². The second-order valence-electron chi connectivity index (χ2n) is 5.09. The summed E-state index contributed by atoms with van der Waals surface area (Å²) in [6.45, 7) is 0. The van der Waals surface area contributed by atoms with Gasteiger partial charge in [0.15, 0.2) is 5.69 Å². The molecule has 0 radical (unpaired) electrons. The zero-order chi connectivity index (χ0) is 17.6. The van der Waals surface area contributed by atoms with E-state index in [1.165, 1.54) is 36.8 Å². The molecule has 3 rings (SSSR count). The number of amides is 2. The van der Waals surface area contributed by atoms with Crippen LogP contribution in [0.3, 0.4) is 0 Å². The van der Waals surface area contributed by atoms with Gasteiger partial charge in [0.05, 0.1) is 5.69 Å². The Balaban J connectivity index is 1.60. The fourth-order valence-corrected chi connectivity index (χ4v) is 2.08. The number of carbonyl (C=O) groups is 2. The molecule has 0 aliphatic carbocycles. The first-order valence-corrected chi connectivity index (χ1v) is 7.37. The van der Waals surface area contributed by atoms with E-state index in [0.717, 1.165) is 0 Å². The highest BCUT2D eigenvalue weighted by Gasteiger charge is 2.17. The summed E-state index contributed by atoms with van der Waals surface area (Å²) in [6, 6.07) is 5.31. The van der Waals surface area contributed by atoms with E-state index < -0.39 is 11.7 Å². The van der Waals surface area contributed by atoms with Crippen molar-refractivity contribution in [2.45, 2.75) is 12.8 Å². The molecule has 25 heavy (non-hydrogen) atoms. The highest BCUT2D eigenvalue weighted by Crippen LogP contribution is 2.15. The molecule has 0 aliphatic rings. The van der Waals surface area contributed by atoms with Crippen molar-refractivity contribution in [3.05, 3.63) is 54.1 Å². The van der Waals surface area contributed by atoms with E-state index in [1.54, 1.807) is 0 Å². The number of benzene rings is 1. The first-order valence-electron chi connectivity index (χ1n) is 7.37. The second-order valence-corrected chi connectivity index (χ2v) is 5.09. The molecule has 0 spiro atoms. The summed E-state index contributed by atoms with van der Waals surface area (Å²) in [5.74, 6) is -0.638. The van der Waals surface area contributed by atoms with Gasteiger partial charge < -0.3 is 15.6 Å². The number of nitrogens with zero attached hydrogens (tertiary/aromatic N) is 3. The zero-order valence-corrected chi connectivity index (χ0v) is 12.9. The number of aryl methyl sites for hydroxylation is 1. The lowest BCUT2D eigenvalue weighted by atomic mass is 10.2. The molecule has 0 saturated carbocycles. The van der Waals surface area contributed by atoms with Crippen molar-refractivity contribution in [2.75, 3.05) is 10.6 Å². The quantitative estimate of drug-likeness (QED) is 0.539. The van der Waals surface area contributed by atoms with E-state index in [0.29, 0.717) is 17.9 Å². The lowest BCUT2D eigenvalue weighted by Gasteiger charge is -2.06. The molecule has 0 atom stereocenters. The summed E-state index contributed by atoms with van der Waals surface area (Å²) in [7, 11) is 0. The van der Waals surface area contributed by atoms with Crippen molar-refractivity contribution < 1.29 is 14.0 Å². The molecule has 2 heterocycles. The smallest absolute Gasteiger partial charge is 0.278 e. The van der Waals surface area contributed by atoms with Crippen molar-refractivity contribution in [1.29, 1.82) is 0 Å². The van der Waals surface area contributed by atoms with Crippen LogP contribution < -0.4 is 10.6 Å². The van der Waals surface area contributed by atoms with Crippen LogP contribution in [-0.4, -0.2) is 37.2 Å². The van der Waals surface area contributed by atoms with Gasteiger partial charge in [0.25, 0.3) is 5.91 Å². The number of hydrogen-bond acceptors (Lipinski definition) is 5. The largest absolute Gasteiger partial charge is 0.332 e. The van der Waals surface area contributed by atoms with E-state index in [2.05, 4.69) is 36.0 Å². The minimum atomic E-state index is -0.529. The molecule has 3 aromatic rings. The molecule has 4 N–H and O–H groups in total. The summed E-state index contributed by atoms with van der Waals surface area (Å²) in [5, 5.41) is 19.0. The lowest BCUT2D eigenvalue weighted by molar-refractivity contribution is -0.116. The van der Waals surface area contributed by atoms with Gasteiger partial charge >= 0.3 is 0 Å². The minimum Gasteiger partial charge on any atom is -0.332 e. The molecule has 0 unspecified atom stereocenters. The lowest BCUT2D eigenvalue weighted by Crippen LogP contribution is -2.18. The van der Waals surface area contributed by atoms with Crippen LogP contribution in [0, 0.1) is 5.82 Å². The van der Waals surface area contributed by atoms with E-state index in [1.807, 2.05) is 0 Å². The molecule has 0 fully saturated rings. The summed E-state index contributed by atoms with van der Waals surface area (Å²) in [4.78, 5) is 27.0. The Labute approximate surface area is 141 Å². The third-order valence-electron chi connectivity index (χ3n) is 3.29. The third-order valence-corrected chi connectivity index (χ3v) is 3.29. The predicted octanol–water partition coefficient (Wildman–Crippen LogP) is 1.49. The fourth-order valence-electron chi connectivity index (χ4n) is 2.08. The molecule has 2 amide bonds. The van der Waals surface area contributed by atoms with Crippen LogP contribution in [0.1, 0.15) is 22.7 Å². The monoisotopic (exact) mass is 343 g/mol. The Bertz CT molecular complexity index is 858. The van der Waals surface area contributed by atoms with Crippen LogP contribution in [0.4, 0.5) is 15.8 Å². The molecule has 0 bridgehead atoms. The van der Waals surface area contributed by atoms with Crippen molar-refractivity contribution in [3.8, 4) is 0 Å². The number of carbonyl (C=O) groups excluding carboxylic acids is 2. The van der Waals surface area contributed by atoms with Gasteiger partial charge in [-0.25, -0.2) is 4.39 Å². The number of H-pyrrole nitrogens is 2. The molecule has 10 heteroatoms. The number of aromatic amines is 2. The van der Waals surface area contributed by atoms with E-state index in [-0.39, 0.29) is 23.7 Å². The van der Waals surface area contributed by atoms with Crippen LogP contribution in [0.25, 0.3) is 0 Å². The number of hydrogen-bond donors (Lipinski definition) is 4. The van der Waals surface area contributed by atoms with Crippen molar-refractivity contribution in [2.24, 2.45) is 0 Å². The number of anilines is 2. The highest BCUT2D eigenvalue weighted by molar-refractivity contribution is 6.08. The Morgan fingerprint density at radius 1 is 1.16 bits per heavy atom. The van der Waals surface area contributed by atoms with E-state index >= 15 is 0 Å². The van der Waals surface area contributed by atoms with Gasteiger partial charge in [0.2, 0.25) is 5.91 Å². The second kappa shape index (κ2) is 7.34. The summed E-state index contributed by atoms with van der Waals surface area (Å²) < 4.78 is 12.9. The van der Waals surface area contributed by atoms with Gasteiger partial charge in [-0.3, -0.25) is 14.7 Å². The van der Waals surface area contributed by atoms with Crippen molar-refractivity contribution >= 4 is 23.2 Å². The summed E-state index contributed by atoms with van der Waals surface area (Å²) in [5.41, 5.74) is 0.691. The van der Waals surface area contributed by atoms with Crippen LogP contribution in [0.15, 0.2) is 36.8 Å². The van der Waals surface area contributed by atoms with Gasteiger partial charge in [0, 0.05) is 24.7 Å². The number of halogens is 1. The summed E-state index contributed by atoms with van der Waals surface area (Å²) in [6.07, 6.45) is 3.40. The first kappa shape index (κ1) is 16.3. The Morgan fingerprint density at radius 2 is 1.96 bits per heavy atom. The predicted molar refractivity (Wildman–Crippen MR) is 86.3 cm³/mol. The maximum absolute atomic E-state index is 12.9. The molecular formula is C15H14FN7O2. The number of rotatable bonds is 6. The zero-order valence-electron chi connectivity index (χ0n) is 12.9. The molecule has 0 aliphatic heterocycles. The topological polar surface area (TPSA) is 128 Å². The first-order chi connectivity index (χ1) is 12.1. The van der Waals surface area contributed by atoms with Crippen LogP contribution in [0.2, 0.25) is 0 Å². The SMILES string of the molecule is O=C(CCc1nnc[nH]1)Nc1c[nH]nc1C(=O)Nc1ccc(F)cc1.